The molecule has 3 aromatic rings. The Morgan fingerprint density at radius 3 is 2.59 bits per heavy atom. The summed E-state index contributed by atoms with van der Waals surface area (Å²) in [7, 11) is 0. The van der Waals surface area contributed by atoms with E-state index in [1.807, 2.05) is 16.7 Å². The number of imidazole rings is 1. The Kier molecular flexibility index (Phi) is 7.41. The standard InChI is InChI=1S/C23H22F3N5O/c24-23(25,26)20-4-2-1-3-18(20)11-29-13-21(28)22(32)9-19-12-30-15-31(19)14-17-7-5-16(10-27)6-8-17/h1-8,12,15,21,29H,9,11,13-14,28H2. The lowest BCUT2D eigenvalue weighted by atomic mass is 10.1. The number of nitrogens with one attached hydrogen (secondary N) is 1. The normalized spacial score (nSPS) is 12.3. The van der Waals surface area contributed by atoms with Crippen molar-refractivity contribution in [3.8, 4) is 6.07 Å². The van der Waals surface area contributed by atoms with Gasteiger partial charge in [-0.25, -0.2) is 4.98 Å². The fourth-order valence-electron chi connectivity index (χ4n) is 3.26. The lowest BCUT2D eigenvalue weighted by Crippen LogP contribution is -2.41. The van der Waals surface area contributed by atoms with E-state index in [0.29, 0.717) is 17.8 Å². The summed E-state index contributed by atoms with van der Waals surface area (Å²) in [4.78, 5) is 16.6. The first-order valence-electron chi connectivity index (χ1n) is 9.90. The number of nitrogens with zero attached hydrogens (tertiary/aromatic N) is 3. The second-order valence-corrected chi connectivity index (χ2v) is 7.36. The fourth-order valence-corrected chi connectivity index (χ4v) is 3.26. The van der Waals surface area contributed by atoms with Crippen molar-refractivity contribution in [2.24, 2.45) is 5.73 Å². The zero-order valence-corrected chi connectivity index (χ0v) is 17.1. The number of alkyl halides is 3. The lowest BCUT2D eigenvalue weighted by Gasteiger charge is -2.15. The van der Waals surface area contributed by atoms with Crippen molar-refractivity contribution in [1.82, 2.24) is 14.9 Å². The molecule has 1 atom stereocenters. The minimum atomic E-state index is -4.44. The number of nitrogens with two attached hydrogens (primary N) is 1. The van der Waals surface area contributed by atoms with Gasteiger partial charge in [-0.3, -0.25) is 4.79 Å². The third-order valence-electron chi connectivity index (χ3n) is 5.01. The van der Waals surface area contributed by atoms with Gasteiger partial charge in [0.25, 0.3) is 0 Å². The van der Waals surface area contributed by atoms with E-state index in [1.165, 1.54) is 18.2 Å². The molecule has 0 aliphatic heterocycles. The van der Waals surface area contributed by atoms with E-state index >= 15 is 0 Å². The van der Waals surface area contributed by atoms with Crippen LogP contribution in [-0.4, -0.2) is 27.9 Å². The molecule has 166 valence electrons. The Hall–Kier alpha value is -3.48. The number of carbonyl (C=O) groups is 1. The van der Waals surface area contributed by atoms with Gasteiger partial charge < -0.3 is 15.6 Å². The molecular formula is C23H22F3N5O. The zero-order valence-electron chi connectivity index (χ0n) is 17.1. The molecular weight excluding hydrogens is 419 g/mol. The van der Waals surface area contributed by atoms with Gasteiger partial charge in [0.05, 0.1) is 29.6 Å². The number of rotatable bonds is 9. The molecule has 32 heavy (non-hydrogen) atoms. The number of ketones is 1. The molecule has 0 bridgehead atoms. The maximum atomic E-state index is 13.1. The van der Waals surface area contributed by atoms with Gasteiger partial charge in [0.15, 0.2) is 5.78 Å². The zero-order chi connectivity index (χ0) is 23.1. The van der Waals surface area contributed by atoms with Crippen molar-refractivity contribution in [3.63, 3.8) is 0 Å². The second-order valence-electron chi connectivity index (χ2n) is 7.36. The molecule has 0 aliphatic carbocycles. The fraction of sp³-hybridized carbons (Fsp3) is 0.261. The van der Waals surface area contributed by atoms with Crippen LogP contribution in [-0.2, 0) is 30.5 Å². The average molecular weight is 441 g/mol. The molecule has 3 N–H and O–H groups in total. The molecule has 0 fully saturated rings. The molecule has 3 rings (SSSR count). The van der Waals surface area contributed by atoms with Crippen LogP contribution < -0.4 is 11.1 Å². The predicted octanol–water partition coefficient (Wildman–Crippen LogP) is 3.05. The van der Waals surface area contributed by atoms with E-state index in [0.717, 1.165) is 11.6 Å². The second kappa shape index (κ2) is 10.2. The van der Waals surface area contributed by atoms with Gasteiger partial charge in [0.2, 0.25) is 0 Å². The lowest BCUT2D eigenvalue weighted by molar-refractivity contribution is -0.138. The van der Waals surface area contributed by atoms with Crippen molar-refractivity contribution >= 4 is 5.78 Å². The van der Waals surface area contributed by atoms with Gasteiger partial charge in [-0.05, 0) is 29.3 Å². The highest BCUT2D eigenvalue weighted by atomic mass is 19.4. The first kappa shape index (κ1) is 23.2. The van der Waals surface area contributed by atoms with Crippen LogP contribution in [0.4, 0.5) is 13.2 Å². The van der Waals surface area contributed by atoms with Crippen LogP contribution in [0.5, 0.6) is 0 Å². The highest BCUT2D eigenvalue weighted by Crippen LogP contribution is 2.31. The van der Waals surface area contributed by atoms with E-state index in [9.17, 15) is 18.0 Å². The minimum absolute atomic E-state index is 0.0483. The van der Waals surface area contributed by atoms with Gasteiger partial charge in [0, 0.05) is 37.9 Å². The Balaban J connectivity index is 1.55. The summed E-state index contributed by atoms with van der Waals surface area (Å²) in [6.45, 7) is 0.484. The maximum absolute atomic E-state index is 13.1. The number of hydrogen-bond donors (Lipinski definition) is 2. The van der Waals surface area contributed by atoms with Gasteiger partial charge in [-0.15, -0.1) is 0 Å². The minimum Gasteiger partial charge on any atom is -0.330 e. The van der Waals surface area contributed by atoms with E-state index in [-0.39, 0.29) is 30.9 Å². The Morgan fingerprint density at radius 2 is 1.91 bits per heavy atom. The first-order valence-corrected chi connectivity index (χ1v) is 9.90. The number of Topliss-reactive ketones (excluding diaryl/α,β-unsaturated/α-hetero) is 1. The van der Waals surface area contributed by atoms with Crippen LogP contribution in [0, 0.1) is 11.3 Å². The Bertz CT molecular complexity index is 1100. The number of aromatic nitrogens is 2. The molecule has 1 heterocycles. The molecule has 1 unspecified atom stereocenters. The molecule has 0 spiro atoms. The van der Waals surface area contributed by atoms with Crippen molar-refractivity contribution in [2.45, 2.75) is 31.7 Å². The highest BCUT2D eigenvalue weighted by Gasteiger charge is 2.32. The van der Waals surface area contributed by atoms with Crippen LogP contribution in [0.15, 0.2) is 61.1 Å². The summed E-state index contributed by atoms with van der Waals surface area (Å²) >= 11 is 0. The third kappa shape index (κ3) is 6.03. The smallest absolute Gasteiger partial charge is 0.330 e. The summed E-state index contributed by atoms with van der Waals surface area (Å²) in [6.07, 6.45) is -1.19. The van der Waals surface area contributed by atoms with E-state index in [2.05, 4.69) is 16.4 Å². The average Bonchev–Trinajstić information content (AvgIpc) is 3.20. The monoisotopic (exact) mass is 441 g/mol. The van der Waals surface area contributed by atoms with Gasteiger partial charge >= 0.3 is 6.18 Å². The predicted molar refractivity (Wildman–Crippen MR) is 112 cm³/mol. The number of hydrogen-bond acceptors (Lipinski definition) is 5. The van der Waals surface area contributed by atoms with E-state index in [4.69, 9.17) is 11.0 Å². The number of nitriles is 1. The molecule has 0 aliphatic rings. The molecule has 6 nitrogen and oxygen atoms in total. The molecule has 1 aromatic heterocycles. The van der Waals surface area contributed by atoms with Crippen LogP contribution in [0.2, 0.25) is 0 Å². The molecule has 2 aromatic carbocycles. The van der Waals surface area contributed by atoms with Gasteiger partial charge in [-0.2, -0.15) is 18.4 Å². The Morgan fingerprint density at radius 1 is 1.19 bits per heavy atom. The van der Waals surface area contributed by atoms with Crippen LogP contribution in [0.1, 0.15) is 27.9 Å². The van der Waals surface area contributed by atoms with Crippen molar-refractivity contribution < 1.29 is 18.0 Å². The quantitative estimate of drug-likeness (QED) is 0.532. The van der Waals surface area contributed by atoms with E-state index in [1.54, 1.807) is 24.7 Å². The molecule has 0 amide bonds. The van der Waals surface area contributed by atoms with Crippen molar-refractivity contribution in [2.75, 3.05) is 6.54 Å². The van der Waals surface area contributed by atoms with Gasteiger partial charge in [-0.1, -0.05) is 30.3 Å². The maximum Gasteiger partial charge on any atom is 0.416 e. The van der Waals surface area contributed by atoms with Crippen LogP contribution in [0.3, 0.4) is 0 Å². The van der Waals surface area contributed by atoms with Gasteiger partial charge in [0.1, 0.15) is 0 Å². The SMILES string of the molecule is N#Cc1ccc(Cn2cncc2CC(=O)C(N)CNCc2ccccc2C(F)(F)F)cc1. The topological polar surface area (TPSA) is 96.7 Å². The first-order chi connectivity index (χ1) is 15.3. The largest absolute Gasteiger partial charge is 0.416 e. The summed E-state index contributed by atoms with van der Waals surface area (Å²) < 4.78 is 41.0. The number of carbonyl (C=O) groups excluding carboxylic acids is 1. The van der Waals surface area contributed by atoms with Crippen LogP contribution >= 0.6 is 0 Å². The summed E-state index contributed by atoms with van der Waals surface area (Å²) in [5.41, 5.74) is 7.54. The van der Waals surface area contributed by atoms with Crippen molar-refractivity contribution in [3.05, 3.63) is 89.0 Å². The molecule has 0 radical (unpaired) electrons. The molecule has 0 saturated carbocycles. The van der Waals surface area contributed by atoms with Crippen LogP contribution in [0.25, 0.3) is 0 Å². The molecule has 0 saturated heterocycles. The summed E-state index contributed by atoms with van der Waals surface area (Å²) in [6, 6.07) is 13.6. The third-order valence-corrected chi connectivity index (χ3v) is 5.01. The van der Waals surface area contributed by atoms with Crippen molar-refractivity contribution in [1.29, 1.82) is 5.26 Å². The highest BCUT2D eigenvalue weighted by molar-refractivity contribution is 5.85. The number of halogens is 3. The van der Waals surface area contributed by atoms with E-state index < -0.39 is 17.8 Å². The summed E-state index contributed by atoms with van der Waals surface area (Å²) in [5, 5.41) is 11.7. The molecule has 9 heteroatoms. The number of benzene rings is 2. The summed E-state index contributed by atoms with van der Waals surface area (Å²) in [5.74, 6) is -0.247. The Labute approximate surface area is 183 Å².